The molecule has 2 heterocycles. The predicted octanol–water partition coefficient (Wildman–Crippen LogP) is 1.74. The van der Waals surface area contributed by atoms with Crippen LogP contribution in [0.4, 0.5) is 0 Å². The van der Waals surface area contributed by atoms with Gasteiger partial charge in [-0.3, -0.25) is 19.7 Å². The Bertz CT molecular complexity index is 455. The summed E-state index contributed by atoms with van der Waals surface area (Å²) in [6, 6.07) is 0.187. The third-order valence-electron chi connectivity index (χ3n) is 3.50. The fourth-order valence-electron chi connectivity index (χ4n) is 2.54. The lowest BCUT2D eigenvalue weighted by atomic mass is 10.1. The van der Waals surface area contributed by atoms with Crippen molar-refractivity contribution in [3.63, 3.8) is 0 Å². The van der Waals surface area contributed by atoms with E-state index in [2.05, 4.69) is 21.8 Å². The van der Waals surface area contributed by atoms with Crippen LogP contribution in [0.25, 0.3) is 0 Å². The SMILES string of the molecule is Cc1nccnc1C(C)N1CCSCC1CC(=O)O. The van der Waals surface area contributed by atoms with Crippen LogP contribution in [0.2, 0.25) is 0 Å². The Balaban J connectivity index is 2.17. The third-order valence-corrected chi connectivity index (χ3v) is 4.59. The van der Waals surface area contributed by atoms with Gasteiger partial charge in [-0.05, 0) is 13.8 Å². The van der Waals surface area contributed by atoms with Gasteiger partial charge >= 0.3 is 5.97 Å². The molecule has 1 fully saturated rings. The molecule has 0 aliphatic carbocycles. The first-order valence-electron chi connectivity index (χ1n) is 6.42. The van der Waals surface area contributed by atoms with Gasteiger partial charge in [0, 0.05) is 36.5 Å². The lowest BCUT2D eigenvalue weighted by Crippen LogP contribution is -2.45. The highest BCUT2D eigenvalue weighted by atomic mass is 32.2. The molecule has 1 saturated heterocycles. The van der Waals surface area contributed by atoms with Crippen molar-refractivity contribution in [3.8, 4) is 0 Å². The molecule has 1 aromatic heterocycles. The van der Waals surface area contributed by atoms with E-state index in [1.807, 2.05) is 18.7 Å². The fourth-order valence-corrected chi connectivity index (χ4v) is 3.63. The van der Waals surface area contributed by atoms with E-state index in [1.165, 1.54) is 0 Å². The molecule has 19 heavy (non-hydrogen) atoms. The van der Waals surface area contributed by atoms with Crippen molar-refractivity contribution in [1.82, 2.24) is 14.9 Å². The summed E-state index contributed by atoms with van der Waals surface area (Å²) in [5.74, 6) is 1.18. The van der Waals surface area contributed by atoms with E-state index in [4.69, 9.17) is 5.11 Å². The van der Waals surface area contributed by atoms with Crippen LogP contribution < -0.4 is 0 Å². The van der Waals surface area contributed by atoms with Gasteiger partial charge in [-0.25, -0.2) is 0 Å². The lowest BCUT2D eigenvalue weighted by Gasteiger charge is -2.38. The van der Waals surface area contributed by atoms with Gasteiger partial charge in [-0.15, -0.1) is 0 Å². The van der Waals surface area contributed by atoms with Gasteiger partial charge in [0.1, 0.15) is 0 Å². The van der Waals surface area contributed by atoms with Crippen LogP contribution in [0.15, 0.2) is 12.4 Å². The lowest BCUT2D eigenvalue weighted by molar-refractivity contribution is -0.138. The first kappa shape index (κ1) is 14.3. The van der Waals surface area contributed by atoms with Crippen LogP contribution in [-0.2, 0) is 4.79 Å². The van der Waals surface area contributed by atoms with Crippen LogP contribution in [0.3, 0.4) is 0 Å². The maximum atomic E-state index is 11.0. The standard InChI is InChI=1S/C13H19N3O2S/c1-9-13(15-4-3-14-9)10(2)16-5-6-19-8-11(16)7-12(17)18/h3-4,10-11H,5-8H2,1-2H3,(H,17,18). The predicted molar refractivity (Wildman–Crippen MR) is 75.3 cm³/mol. The second-order valence-electron chi connectivity index (χ2n) is 4.77. The minimum Gasteiger partial charge on any atom is -0.481 e. The zero-order valence-electron chi connectivity index (χ0n) is 11.2. The van der Waals surface area contributed by atoms with Crippen molar-refractivity contribution < 1.29 is 9.90 Å². The molecule has 1 aromatic rings. The van der Waals surface area contributed by atoms with Crippen molar-refractivity contribution >= 4 is 17.7 Å². The van der Waals surface area contributed by atoms with E-state index in [0.29, 0.717) is 0 Å². The monoisotopic (exact) mass is 281 g/mol. The van der Waals surface area contributed by atoms with Crippen LogP contribution in [-0.4, -0.2) is 50.0 Å². The minimum atomic E-state index is -0.736. The highest BCUT2D eigenvalue weighted by Gasteiger charge is 2.30. The fraction of sp³-hybridized carbons (Fsp3) is 0.615. The molecule has 6 heteroatoms. The number of aliphatic carboxylic acids is 1. The summed E-state index contributed by atoms with van der Waals surface area (Å²) in [5, 5.41) is 9.03. The normalized spacial score (nSPS) is 22.1. The zero-order chi connectivity index (χ0) is 13.8. The van der Waals surface area contributed by atoms with Gasteiger partial charge in [-0.1, -0.05) is 0 Å². The third kappa shape index (κ3) is 3.45. The summed E-state index contributed by atoms with van der Waals surface area (Å²) >= 11 is 1.82. The molecule has 1 aliphatic rings. The molecule has 1 N–H and O–H groups in total. The number of thioether (sulfide) groups is 1. The number of aromatic nitrogens is 2. The molecule has 0 saturated carbocycles. The Kier molecular flexibility index (Phi) is 4.76. The molecular weight excluding hydrogens is 262 g/mol. The molecule has 0 amide bonds. The highest BCUT2D eigenvalue weighted by molar-refractivity contribution is 7.99. The van der Waals surface area contributed by atoms with Gasteiger partial charge < -0.3 is 5.11 Å². The Morgan fingerprint density at radius 1 is 1.58 bits per heavy atom. The molecule has 5 nitrogen and oxygen atoms in total. The van der Waals surface area contributed by atoms with Crippen LogP contribution >= 0.6 is 11.8 Å². The summed E-state index contributed by atoms with van der Waals surface area (Å²) in [6.07, 6.45) is 3.58. The van der Waals surface area contributed by atoms with Crippen molar-refractivity contribution in [2.75, 3.05) is 18.1 Å². The van der Waals surface area contributed by atoms with E-state index in [9.17, 15) is 4.79 Å². The average molecular weight is 281 g/mol. The van der Waals surface area contributed by atoms with E-state index in [-0.39, 0.29) is 18.5 Å². The number of carbonyl (C=O) groups is 1. The molecular formula is C13H19N3O2S. The molecule has 2 rings (SSSR count). The molecule has 2 atom stereocenters. The van der Waals surface area contributed by atoms with Gasteiger partial charge in [0.2, 0.25) is 0 Å². The summed E-state index contributed by atoms with van der Waals surface area (Å²) in [6.45, 7) is 4.94. The maximum Gasteiger partial charge on any atom is 0.304 e. The largest absolute Gasteiger partial charge is 0.481 e. The summed E-state index contributed by atoms with van der Waals surface area (Å²) < 4.78 is 0. The summed E-state index contributed by atoms with van der Waals surface area (Å²) in [5.41, 5.74) is 1.87. The van der Waals surface area contributed by atoms with Crippen molar-refractivity contribution in [2.45, 2.75) is 32.4 Å². The van der Waals surface area contributed by atoms with E-state index >= 15 is 0 Å². The van der Waals surface area contributed by atoms with Gasteiger partial charge in [0.25, 0.3) is 0 Å². The zero-order valence-corrected chi connectivity index (χ0v) is 12.1. The topological polar surface area (TPSA) is 66.3 Å². The highest BCUT2D eigenvalue weighted by Crippen LogP contribution is 2.28. The number of aryl methyl sites for hydroxylation is 1. The average Bonchev–Trinajstić information content (AvgIpc) is 2.38. The van der Waals surface area contributed by atoms with Crippen LogP contribution in [0, 0.1) is 6.92 Å². The number of nitrogens with zero attached hydrogens (tertiary/aromatic N) is 3. The quantitative estimate of drug-likeness (QED) is 0.907. The molecule has 104 valence electrons. The van der Waals surface area contributed by atoms with Gasteiger partial charge in [-0.2, -0.15) is 11.8 Å². The molecule has 2 unspecified atom stereocenters. The Labute approximate surface area is 117 Å². The second-order valence-corrected chi connectivity index (χ2v) is 5.92. The molecule has 0 aromatic carbocycles. The van der Waals surface area contributed by atoms with Crippen molar-refractivity contribution in [1.29, 1.82) is 0 Å². The van der Waals surface area contributed by atoms with Crippen LogP contribution in [0.1, 0.15) is 30.8 Å². The number of hydrogen-bond acceptors (Lipinski definition) is 5. The summed E-state index contributed by atoms with van der Waals surface area (Å²) in [7, 11) is 0. The Morgan fingerprint density at radius 2 is 2.32 bits per heavy atom. The molecule has 1 aliphatic heterocycles. The van der Waals surface area contributed by atoms with Gasteiger partial charge in [0.15, 0.2) is 0 Å². The Morgan fingerprint density at radius 3 is 3.00 bits per heavy atom. The van der Waals surface area contributed by atoms with E-state index in [0.717, 1.165) is 29.4 Å². The van der Waals surface area contributed by atoms with Crippen molar-refractivity contribution in [2.24, 2.45) is 0 Å². The first-order valence-corrected chi connectivity index (χ1v) is 7.58. The smallest absolute Gasteiger partial charge is 0.304 e. The maximum absolute atomic E-state index is 11.0. The number of hydrogen-bond donors (Lipinski definition) is 1. The number of carboxylic acid groups (broad SMARTS) is 1. The minimum absolute atomic E-state index is 0.0765. The number of carboxylic acids is 1. The van der Waals surface area contributed by atoms with Gasteiger partial charge in [0.05, 0.1) is 23.9 Å². The van der Waals surface area contributed by atoms with E-state index < -0.39 is 5.97 Å². The molecule has 0 radical (unpaired) electrons. The second kappa shape index (κ2) is 6.34. The first-order chi connectivity index (χ1) is 9.09. The summed E-state index contributed by atoms with van der Waals surface area (Å²) in [4.78, 5) is 21.9. The Hall–Kier alpha value is -1.14. The molecule has 0 bridgehead atoms. The van der Waals surface area contributed by atoms with E-state index in [1.54, 1.807) is 12.4 Å². The van der Waals surface area contributed by atoms with Crippen LogP contribution in [0.5, 0.6) is 0 Å². The number of rotatable bonds is 4. The van der Waals surface area contributed by atoms with Crippen molar-refractivity contribution in [3.05, 3.63) is 23.8 Å². The molecule has 0 spiro atoms.